The van der Waals surface area contributed by atoms with Crippen LogP contribution in [0.3, 0.4) is 0 Å². The number of ether oxygens (including phenoxy) is 2. The van der Waals surface area contributed by atoms with Gasteiger partial charge in [0.15, 0.2) is 6.23 Å². The summed E-state index contributed by atoms with van der Waals surface area (Å²) in [6.07, 6.45) is -1.78. The highest BCUT2D eigenvalue weighted by Crippen LogP contribution is 2.50. The zero-order chi connectivity index (χ0) is 23.6. The largest absolute Gasteiger partial charge is 0.460 e. The van der Waals surface area contributed by atoms with Crippen LogP contribution in [0.15, 0.2) is 52.2 Å². The zero-order valence-corrected chi connectivity index (χ0v) is 18.6. The molecule has 2 fully saturated rings. The van der Waals surface area contributed by atoms with Crippen LogP contribution >= 0.6 is 7.75 Å². The van der Waals surface area contributed by atoms with Gasteiger partial charge in [-0.15, -0.1) is 0 Å². The summed E-state index contributed by atoms with van der Waals surface area (Å²) in [7, 11) is -3.91. The molecule has 4 rings (SSSR count). The molecule has 2 saturated heterocycles. The van der Waals surface area contributed by atoms with Crippen molar-refractivity contribution in [2.75, 3.05) is 13.2 Å². The molecule has 1 aromatic heterocycles. The number of aliphatic hydroxyl groups is 1. The van der Waals surface area contributed by atoms with Gasteiger partial charge in [-0.05, 0) is 12.5 Å². The Morgan fingerprint density at radius 3 is 2.73 bits per heavy atom. The van der Waals surface area contributed by atoms with Gasteiger partial charge in [0.2, 0.25) is 0 Å². The molecule has 0 spiro atoms. The van der Waals surface area contributed by atoms with Crippen LogP contribution in [0.25, 0.3) is 0 Å². The Hall–Kier alpha value is -2.60. The molecule has 13 heteroatoms. The molecule has 2 unspecified atom stereocenters. The van der Waals surface area contributed by atoms with E-state index in [4.69, 9.17) is 18.5 Å². The number of hydrogen-bond acceptors (Lipinski definition) is 9. The van der Waals surface area contributed by atoms with E-state index in [2.05, 4.69) is 10.1 Å². The number of aromatic nitrogens is 2. The van der Waals surface area contributed by atoms with Gasteiger partial charge in [-0.2, -0.15) is 0 Å². The minimum Gasteiger partial charge on any atom is -0.460 e. The number of aliphatic hydroxyl groups excluding tert-OH is 1. The molecule has 12 nitrogen and oxygen atoms in total. The third-order valence-electron chi connectivity index (χ3n) is 5.42. The van der Waals surface area contributed by atoms with Crippen LogP contribution in [0.5, 0.6) is 0 Å². The lowest BCUT2D eigenvalue weighted by Crippen LogP contribution is -2.37. The number of carbonyl (C=O) groups is 1. The minimum absolute atomic E-state index is 0.0629. The predicted octanol–water partition coefficient (Wildman–Crippen LogP) is 0.288. The summed E-state index contributed by atoms with van der Waals surface area (Å²) in [5.74, 6) is -1.30. The van der Waals surface area contributed by atoms with Gasteiger partial charge in [0.25, 0.3) is 5.56 Å². The first kappa shape index (κ1) is 23.6. The number of rotatable bonds is 6. The van der Waals surface area contributed by atoms with Crippen molar-refractivity contribution < 1.29 is 33.0 Å². The van der Waals surface area contributed by atoms with E-state index in [1.54, 1.807) is 0 Å². The van der Waals surface area contributed by atoms with Crippen LogP contribution in [0.2, 0.25) is 0 Å². The summed E-state index contributed by atoms with van der Waals surface area (Å²) in [6, 6.07) is 9.25. The van der Waals surface area contributed by atoms with E-state index < -0.39 is 55.4 Å². The monoisotopic (exact) mass is 481 g/mol. The second-order valence-electron chi connectivity index (χ2n) is 7.77. The maximum Gasteiger partial charge on any atom is 0.406 e. The molecule has 2 aliphatic heterocycles. The van der Waals surface area contributed by atoms with Crippen molar-refractivity contribution >= 4 is 13.7 Å². The van der Waals surface area contributed by atoms with Crippen molar-refractivity contribution in [1.82, 2.24) is 14.6 Å². The molecular weight excluding hydrogens is 457 g/mol. The molecule has 0 aliphatic carbocycles. The second-order valence-corrected chi connectivity index (χ2v) is 9.54. The van der Waals surface area contributed by atoms with Crippen molar-refractivity contribution in [3.05, 3.63) is 69.0 Å². The van der Waals surface area contributed by atoms with Crippen LogP contribution in [0.1, 0.15) is 18.7 Å². The molecule has 3 N–H and O–H groups in total. The highest BCUT2D eigenvalue weighted by atomic mass is 31.2. The SMILES string of the molecule is CC(NP1(=O)OC[C@H]2[C@@H](O)[C@H](n3ccc(=O)[nH]c3=O)O[C@@H]2CO1)C(=O)OCc1ccccc1. The molecule has 0 bridgehead atoms. The Morgan fingerprint density at radius 2 is 2.00 bits per heavy atom. The molecule has 0 amide bonds. The summed E-state index contributed by atoms with van der Waals surface area (Å²) in [5, 5.41) is 13.2. The molecule has 0 saturated carbocycles. The van der Waals surface area contributed by atoms with Crippen molar-refractivity contribution in [3.8, 4) is 0 Å². The van der Waals surface area contributed by atoms with Crippen LogP contribution in [-0.2, 0) is 34.5 Å². The third kappa shape index (κ3) is 5.32. The molecule has 2 aliphatic rings. The fourth-order valence-corrected chi connectivity index (χ4v) is 5.14. The average molecular weight is 481 g/mol. The van der Waals surface area contributed by atoms with Crippen LogP contribution in [0.4, 0.5) is 0 Å². The van der Waals surface area contributed by atoms with E-state index >= 15 is 0 Å². The van der Waals surface area contributed by atoms with Crippen LogP contribution in [0, 0.1) is 5.92 Å². The van der Waals surface area contributed by atoms with E-state index in [0.29, 0.717) is 0 Å². The van der Waals surface area contributed by atoms with Gasteiger partial charge >= 0.3 is 19.4 Å². The lowest BCUT2D eigenvalue weighted by atomic mass is 9.99. The van der Waals surface area contributed by atoms with Gasteiger partial charge in [-0.3, -0.25) is 28.2 Å². The first-order chi connectivity index (χ1) is 15.8. The zero-order valence-electron chi connectivity index (χ0n) is 17.7. The molecule has 0 radical (unpaired) electrons. The molecular formula is C20H24N3O9P. The highest BCUT2D eigenvalue weighted by Gasteiger charge is 2.49. The van der Waals surface area contributed by atoms with Crippen molar-refractivity contribution in [3.63, 3.8) is 0 Å². The number of nitrogens with zero attached hydrogens (tertiary/aromatic N) is 1. The standard InChI is InChI=1S/C20H24N3O9P/c1-12(19(26)29-9-13-5-3-2-4-6-13)22-33(28)30-10-14-15(11-31-33)32-18(17(14)25)23-8-7-16(24)21-20(23)27/h2-8,12,14-15,17-18,25H,9-11H2,1H3,(H,22,28)(H,21,24,27)/t12?,14-,15-,17-,18-,33?/m1/s1. The van der Waals surface area contributed by atoms with E-state index in [-0.39, 0.29) is 19.8 Å². The van der Waals surface area contributed by atoms with Crippen molar-refractivity contribution in [2.45, 2.75) is 38.0 Å². The molecule has 6 atom stereocenters. The first-order valence-electron chi connectivity index (χ1n) is 10.3. The summed E-state index contributed by atoms with van der Waals surface area (Å²) in [6.45, 7) is 1.10. The minimum atomic E-state index is -3.91. The maximum atomic E-state index is 13.0. The highest BCUT2D eigenvalue weighted by molar-refractivity contribution is 7.51. The number of aromatic amines is 1. The fourth-order valence-electron chi connectivity index (χ4n) is 3.63. The Balaban J connectivity index is 1.35. The quantitative estimate of drug-likeness (QED) is 0.387. The Bertz CT molecular complexity index is 1150. The van der Waals surface area contributed by atoms with Crippen LogP contribution < -0.4 is 16.3 Å². The molecule has 33 heavy (non-hydrogen) atoms. The van der Waals surface area contributed by atoms with E-state index in [0.717, 1.165) is 16.2 Å². The molecule has 178 valence electrons. The first-order valence-corrected chi connectivity index (χ1v) is 11.8. The van der Waals surface area contributed by atoms with Gasteiger partial charge in [-0.1, -0.05) is 30.3 Å². The number of hydrogen-bond donors (Lipinski definition) is 3. The van der Waals surface area contributed by atoms with Gasteiger partial charge in [0.05, 0.1) is 19.3 Å². The smallest absolute Gasteiger partial charge is 0.406 e. The Labute approximate surface area is 188 Å². The topological polar surface area (TPSA) is 158 Å². The number of esters is 1. The number of benzene rings is 1. The Morgan fingerprint density at radius 1 is 1.27 bits per heavy atom. The second kappa shape index (κ2) is 9.72. The third-order valence-corrected chi connectivity index (χ3v) is 7.10. The van der Waals surface area contributed by atoms with Crippen LogP contribution in [-0.4, -0.2) is 52.1 Å². The maximum absolute atomic E-state index is 13.0. The number of carbonyl (C=O) groups excluding carboxylic acids is 1. The fraction of sp³-hybridized carbons (Fsp3) is 0.450. The lowest BCUT2D eigenvalue weighted by Gasteiger charge is -2.22. The number of fused-ring (bicyclic) bond motifs is 1. The predicted molar refractivity (Wildman–Crippen MR) is 113 cm³/mol. The number of nitrogens with one attached hydrogen (secondary N) is 2. The number of H-pyrrole nitrogens is 1. The van der Waals surface area contributed by atoms with E-state index in [1.165, 1.54) is 13.1 Å². The Kier molecular flexibility index (Phi) is 6.94. The summed E-state index contributed by atoms with van der Waals surface area (Å²) in [4.78, 5) is 37.7. The molecule has 3 heterocycles. The van der Waals surface area contributed by atoms with Gasteiger partial charge in [0, 0.05) is 18.2 Å². The van der Waals surface area contributed by atoms with E-state index in [1.807, 2.05) is 30.3 Å². The average Bonchev–Trinajstić information content (AvgIpc) is 3.00. The molecule has 1 aromatic carbocycles. The van der Waals surface area contributed by atoms with Gasteiger partial charge in [-0.25, -0.2) is 14.4 Å². The summed E-state index contributed by atoms with van der Waals surface area (Å²) in [5.41, 5.74) is -0.505. The van der Waals surface area contributed by atoms with Gasteiger partial charge in [0.1, 0.15) is 18.8 Å². The van der Waals surface area contributed by atoms with E-state index in [9.17, 15) is 24.1 Å². The lowest BCUT2D eigenvalue weighted by molar-refractivity contribution is -0.146. The van der Waals surface area contributed by atoms with Crippen molar-refractivity contribution in [2.24, 2.45) is 5.92 Å². The summed E-state index contributed by atoms with van der Waals surface area (Å²) >= 11 is 0. The van der Waals surface area contributed by atoms with Crippen molar-refractivity contribution in [1.29, 1.82) is 0 Å². The molecule has 2 aromatic rings. The summed E-state index contributed by atoms with van der Waals surface area (Å²) < 4.78 is 35.9. The van der Waals surface area contributed by atoms with Gasteiger partial charge < -0.3 is 14.6 Å². The normalized spacial score (nSPS) is 30.2.